The van der Waals surface area contributed by atoms with Gasteiger partial charge in [0.2, 0.25) is 11.8 Å². The maximum absolute atomic E-state index is 13.5. The topological polar surface area (TPSA) is 81.3 Å². The number of halogens is 1. The molecule has 0 radical (unpaired) electrons. The number of piperazine rings is 1. The fourth-order valence-electron chi connectivity index (χ4n) is 4.36. The lowest BCUT2D eigenvalue weighted by atomic mass is 9.96. The van der Waals surface area contributed by atoms with Gasteiger partial charge in [0, 0.05) is 32.4 Å². The van der Waals surface area contributed by atoms with Gasteiger partial charge < -0.3 is 10.2 Å². The quantitative estimate of drug-likeness (QED) is 0.757. The van der Waals surface area contributed by atoms with Gasteiger partial charge in [0.25, 0.3) is 0 Å². The van der Waals surface area contributed by atoms with E-state index in [1.54, 1.807) is 18.0 Å². The number of carbonyl (C=O) groups excluding carboxylic acids is 2. The summed E-state index contributed by atoms with van der Waals surface area (Å²) in [6, 6.07) is 5.80. The number of amides is 2. The van der Waals surface area contributed by atoms with E-state index in [0.717, 1.165) is 30.5 Å². The summed E-state index contributed by atoms with van der Waals surface area (Å²) in [5, 5.41) is 10.4. The van der Waals surface area contributed by atoms with Gasteiger partial charge in [-0.05, 0) is 48.9 Å². The van der Waals surface area contributed by atoms with E-state index >= 15 is 0 Å². The van der Waals surface area contributed by atoms with Crippen molar-refractivity contribution in [1.82, 2.24) is 25.3 Å². The molecule has 0 spiro atoms. The van der Waals surface area contributed by atoms with Crippen molar-refractivity contribution in [3.8, 4) is 0 Å². The number of rotatable bonds is 6. The molecule has 30 heavy (non-hydrogen) atoms. The first-order chi connectivity index (χ1) is 14.5. The molecule has 160 valence electrons. The standard InChI is InChI=1S/C22H28FN5O2/c1-27(14-19-17-7-2-3-8-18(17)25-26-19)21(29)12-20-22(30)24-9-10-28(20)13-15-5-4-6-16(23)11-15/h4-6,11,20H,2-3,7-10,12-14H2,1H3,(H,24,30)(H,25,26). The summed E-state index contributed by atoms with van der Waals surface area (Å²) >= 11 is 0. The molecule has 1 atom stereocenters. The molecule has 1 aliphatic carbocycles. The molecule has 2 heterocycles. The van der Waals surface area contributed by atoms with E-state index in [4.69, 9.17) is 0 Å². The molecule has 1 unspecified atom stereocenters. The predicted molar refractivity (Wildman–Crippen MR) is 110 cm³/mol. The molecule has 1 aliphatic heterocycles. The molecular weight excluding hydrogens is 385 g/mol. The van der Waals surface area contributed by atoms with E-state index in [-0.39, 0.29) is 24.1 Å². The second-order valence-electron chi connectivity index (χ2n) is 8.20. The lowest BCUT2D eigenvalue weighted by molar-refractivity contribution is -0.138. The number of carbonyl (C=O) groups is 2. The Morgan fingerprint density at radius 3 is 3.00 bits per heavy atom. The molecule has 2 aromatic rings. The third-order valence-corrected chi connectivity index (χ3v) is 6.04. The third kappa shape index (κ3) is 4.53. The van der Waals surface area contributed by atoms with Crippen LogP contribution in [0.3, 0.4) is 0 Å². The number of aromatic amines is 1. The highest BCUT2D eigenvalue weighted by atomic mass is 19.1. The van der Waals surface area contributed by atoms with Crippen LogP contribution < -0.4 is 5.32 Å². The van der Waals surface area contributed by atoms with E-state index in [1.807, 2.05) is 11.0 Å². The van der Waals surface area contributed by atoms with E-state index in [9.17, 15) is 14.0 Å². The van der Waals surface area contributed by atoms with Crippen molar-refractivity contribution in [2.75, 3.05) is 20.1 Å². The summed E-state index contributed by atoms with van der Waals surface area (Å²) in [5.41, 5.74) is 4.14. The van der Waals surface area contributed by atoms with Gasteiger partial charge in [-0.3, -0.25) is 19.6 Å². The normalized spacial score (nSPS) is 19.3. The summed E-state index contributed by atoms with van der Waals surface area (Å²) in [5.74, 6) is -0.561. The van der Waals surface area contributed by atoms with Crippen LogP contribution in [-0.2, 0) is 35.5 Å². The zero-order valence-corrected chi connectivity index (χ0v) is 17.3. The number of aromatic nitrogens is 2. The van der Waals surface area contributed by atoms with Gasteiger partial charge in [0.1, 0.15) is 5.82 Å². The van der Waals surface area contributed by atoms with Gasteiger partial charge in [0.05, 0.1) is 24.7 Å². The van der Waals surface area contributed by atoms with Crippen molar-refractivity contribution < 1.29 is 14.0 Å². The number of H-pyrrole nitrogens is 1. The number of hydrogen-bond donors (Lipinski definition) is 2. The van der Waals surface area contributed by atoms with Crippen LogP contribution in [0.5, 0.6) is 0 Å². The Bertz CT molecular complexity index is 928. The van der Waals surface area contributed by atoms with Gasteiger partial charge in [-0.15, -0.1) is 0 Å². The molecule has 2 amide bonds. The Morgan fingerprint density at radius 1 is 1.33 bits per heavy atom. The minimum absolute atomic E-state index is 0.0876. The van der Waals surface area contributed by atoms with Crippen molar-refractivity contribution >= 4 is 11.8 Å². The molecule has 0 bridgehead atoms. The van der Waals surface area contributed by atoms with Gasteiger partial charge >= 0.3 is 0 Å². The fourth-order valence-corrected chi connectivity index (χ4v) is 4.36. The smallest absolute Gasteiger partial charge is 0.237 e. The van der Waals surface area contributed by atoms with Gasteiger partial charge in [-0.2, -0.15) is 5.10 Å². The second-order valence-corrected chi connectivity index (χ2v) is 8.20. The van der Waals surface area contributed by atoms with E-state index in [1.165, 1.54) is 29.8 Å². The minimum Gasteiger partial charge on any atom is -0.353 e. The van der Waals surface area contributed by atoms with Crippen LogP contribution in [0.25, 0.3) is 0 Å². The molecule has 1 aromatic carbocycles. The monoisotopic (exact) mass is 413 g/mol. The van der Waals surface area contributed by atoms with Crippen molar-refractivity contribution in [2.24, 2.45) is 0 Å². The Balaban J connectivity index is 1.41. The molecule has 2 aliphatic rings. The van der Waals surface area contributed by atoms with Crippen LogP contribution in [0, 0.1) is 5.82 Å². The number of aryl methyl sites for hydroxylation is 1. The van der Waals surface area contributed by atoms with Crippen LogP contribution >= 0.6 is 0 Å². The Labute approximate surface area is 175 Å². The zero-order chi connectivity index (χ0) is 21.1. The molecule has 0 saturated carbocycles. The first kappa shape index (κ1) is 20.5. The number of nitrogens with one attached hydrogen (secondary N) is 2. The largest absolute Gasteiger partial charge is 0.353 e. The minimum atomic E-state index is -0.565. The van der Waals surface area contributed by atoms with Crippen LogP contribution in [-0.4, -0.2) is 58.0 Å². The molecule has 1 saturated heterocycles. The van der Waals surface area contributed by atoms with Gasteiger partial charge in [0.15, 0.2) is 0 Å². The SMILES string of the molecule is CN(Cc1n[nH]c2c1CCCC2)C(=O)CC1C(=O)NCCN1Cc1cccc(F)c1. The molecule has 7 nitrogen and oxygen atoms in total. The number of benzene rings is 1. The summed E-state index contributed by atoms with van der Waals surface area (Å²) in [4.78, 5) is 29.0. The Kier molecular flexibility index (Phi) is 6.13. The average Bonchev–Trinajstić information content (AvgIpc) is 3.13. The number of fused-ring (bicyclic) bond motifs is 1. The highest BCUT2D eigenvalue weighted by molar-refractivity contribution is 5.88. The summed E-state index contributed by atoms with van der Waals surface area (Å²) in [7, 11) is 1.75. The van der Waals surface area contributed by atoms with Crippen LogP contribution in [0.15, 0.2) is 24.3 Å². The van der Waals surface area contributed by atoms with Crippen molar-refractivity contribution in [1.29, 1.82) is 0 Å². The zero-order valence-electron chi connectivity index (χ0n) is 17.3. The highest BCUT2D eigenvalue weighted by Gasteiger charge is 2.32. The lowest BCUT2D eigenvalue weighted by Gasteiger charge is -2.35. The third-order valence-electron chi connectivity index (χ3n) is 6.04. The van der Waals surface area contributed by atoms with Crippen molar-refractivity contribution in [3.05, 3.63) is 52.6 Å². The van der Waals surface area contributed by atoms with Crippen molar-refractivity contribution in [3.63, 3.8) is 0 Å². The summed E-state index contributed by atoms with van der Waals surface area (Å²) in [6.45, 7) is 2.01. The molecule has 1 fully saturated rings. The number of nitrogens with zero attached hydrogens (tertiary/aromatic N) is 3. The molecule has 1 aromatic heterocycles. The molecular formula is C22H28FN5O2. The lowest BCUT2D eigenvalue weighted by Crippen LogP contribution is -2.56. The average molecular weight is 413 g/mol. The molecule has 8 heteroatoms. The maximum Gasteiger partial charge on any atom is 0.237 e. The van der Waals surface area contributed by atoms with Crippen molar-refractivity contribution in [2.45, 2.75) is 51.2 Å². The summed E-state index contributed by atoms with van der Waals surface area (Å²) in [6.07, 6.45) is 4.41. The molecule has 2 N–H and O–H groups in total. The highest BCUT2D eigenvalue weighted by Crippen LogP contribution is 2.23. The van der Waals surface area contributed by atoms with Gasteiger partial charge in [-0.25, -0.2) is 4.39 Å². The second kappa shape index (κ2) is 8.95. The van der Waals surface area contributed by atoms with E-state index in [0.29, 0.717) is 26.2 Å². The van der Waals surface area contributed by atoms with E-state index < -0.39 is 6.04 Å². The predicted octanol–water partition coefficient (Wildman–Crippen LogP) is 1.78. The first-order valence-corrected chi connectivity index (χ1v) is 10.6. The molecule has 4 rings (SSSR count). The Morgan fingerprint density at radius 2 is 2.17 bits per heavy atom. The summed E-state index contributed by atoms with van der Waals surface area (Å²) < 4.78 is 13.5. The van der Waals surface area contributed by atoms with Gasteiger partial charge in [-0.1, -0.05) is 12.1 Å². The van der Waals surface area contributed by atoms with Crippen LogP contribution in [0.1, 0.15) is 41.8 Å². The first-order valence-electron chi connectivity index (χ1n) is 10.6. The van der Waals surface area contributed by atoms with Crippen LogP contribution in [0.4, 0.5) is 4.39 Å². The number of hydrogen-bond acceptors (Lipinski definition) is 4. The maximum atomic E-state index is 13.5. The van der Waals surface area contributed by atoms with Crippen LogP contribution in [0.2, 0.25) is 0 Å². The van der Waals surface area contributed by atoms with E-state index in [2.05, 4.69) is 15.5 Å². The Hall–Kier alpha value is -2.74. The fraction of sp³-hybridized carbons (Fsp3) is 0.500.